The van der Waals surface area contributed by atoms with Crippen LogP contribution in [0.5, 0.6) is 0 Å². The average Bonchev–Trinajstić information content (AvgIpc) is 2.46. The summed E-state index contributed by atoms with van der Waals surface area (Å²) < 4.78 is 0. The summed E-state index contributed by atoms with van der Waals surface area (Å²) in [5.74, 6) is -2.65. The Hall–Kier alpha value is -2.42. The Kier molecular flexibility index (Phi) is 4.93. The van der Waals surface area contributed by atoms with Crippen molar-refractivity contribution in [2.24, 2.45) is 0 Å². The van der Waals surface area contributed by atoms with Crippen LogP contribution in [0, 0.1) is 13.8 Å². The Morgan fingerprint density at radius 3 is 1.88 bits per heavy atom. The molecule has 2 aromatic rings. The molecule has 0 radical (unpaired) electrons. The minimum Gasteiger partial charge on any atom is -0.480 e. The Morgan fingerprint density at radius 2 is 1.46 bits per heavy atom. The van der Waals surface area contributed by atoms with E-state index in [9.17, 15) is 14.7 Å². The molecule has 0 aromatic heterocycles. The van der Waals surface area contributed by atoms with Gasteiger partial charge in [-0.25, -0.2) is 0 Å². The maximum Gasteiger partial charge on any atom is 0.318 e. The molecule has 1 atom stereocenters. The van der Waals surface area contributed by atoms with Gasteiger partial charge in [0.15, 0.2) is 5.78 Å². The highest BCUT2D eigenvalue weighted by Gasteiger charge is 2.31. The lowest BCUT2D eigenvalue weighted by atomic mass is 9.81. The maximum atomic E-state index is 13.0. The van der Waals surface area contributed by atoms with Crippen molar-refractivity contribution in [3.8, 4) is 0 Å². The Balaban J connectivity index is 2.54. The highest BCUT2D eigenvalue weighted by molar-refractivity contribution is 6.13. The highest BCUT2D eigenvalue weighted by Crippen LogP contribution is 2.30. The van der Waals surface area contributed by atoms with Gasteiger partial charge in [0.05, 0.1) is 0 Å². The van der Waals surface area contributed by atoms with Gasteiger partial charge in [0.1, 0.15) is 5.92 Å². The van der Waals surface area contributed by atoms with Gasteiger partial charge in [0, 0.05) is 5.56 Å². The number of aliphatic carboxylic acids is 1. The topological polar surface area (TPSA) is 54.4 Å². The fraction of sp³-hybridized carbons (Fsp3) is 0.333. The number of carboxylic acids is 1. The number of rotatable bonds is 4. The zero-order valence-corrected chi connectivity index (χ0v) is 14.9. The summed E-state index contributed by atoms with van der Waals surface area (Å²) in [5, 5.41) is 9.60. The fourth-order valence-corrected chi connectivity index (χ4v) is 2.98. The molecule has 0 amide bonds. The molecule has 0 spiro atoms. The van der Waals surface area contributed by atoms with Gasteiger partial charge in [-0.1, -0.05) is 63.2 Å². The number of ketones is 1. The summed E-state index contributed by atoms with van der Waals surface area (Å²) in [6.45, 7) is 10.1. The molecule has 2 aromatic carbocycles. The van der Waals surface area contributed by atoms with Crippen molar-refractivity contribution >= 4 is 11.8 Å². The molecule has 3 nitrogen and oxygen atoms in total. The molecule has 2 rings (SSSR count). The van der Waals surface area contributed by atoms with E-state index in [-0.39, 0.29) is 11.2 Å². The fourth-order valence-electron chi connectivity index (χ4n) is 2.98. The number of aryl methyl sites for hydroxylation is 2. The molecular formula is C21H24O3. The zero-order valence-electron chi connectivity index (χ0n) is 14.9. The zero-order chi connectivity index (χ0) is 18.1. The molecular weight excluding hydrogens is 300 g/mol. The van der Waals surface area contributed by atoms with Crippen LogP contribution in [0.25, 0.3) is 0 Å². The van der Waals surface area contributed by atoms with E-state index >= 15 is 0 Å². The van der Waals surface area contributed by atoms with Gasteiger partial charge < -0.3 is 5.11 Å². The van der Waals surface area contributed by atoms with Gasteiger partial charge in [0.25, 0.3) is 0 Å². The lowest BCUT2D eigenvalue weighted by Gasteiger charge is -2.23. The maximum absolute atomic E-state index is 13.0. The molecule has 0 aliphatic heterocycles. The third-order valence-electron chi connectivity index (χ3n) is 4.29. The molecule has 3 heteroatoms. The standard InChI is InChI=1S/C21H24O3/c1-13-11-16(21(3,4)5)12-14(2)17(13)19(22)18(20(23)24)15-9-7-6-8-10-15/h6-12,18H,1-5H3,(H,23,24). The Bertz CT molecular complexity index is 744. The summed E-state index contributed by atoms with van der Waals surface area (Å²) in [6, 6.07) is 12.7. The second kappa shape index (κ2) is 6.60. The third-order valence-corrected chi connectivity index (χ3v) is 4.29. The lowest BCUT2D eigenvalue weighted by molar-refractivity contribution is -0.137. The Labute approximate surface area is 143 Å². The van der Waals surface area contributed by atoms with Crippen molar-refractivity contribution in [1.82, 2.24) is 0 Å². The number of hydrogen-bond donors (Lipinski definition) is 1. The molecule has 0 fully saturated rings. The van der Waals surface area contributed by atoms with E-state index in [4.69, 9.17) is 0 Å². The third kappa shape index (κ3) is 3.56. The molecule has 24 heavy (non-hydrogen) atoms. The smallest absolute Gasteiger partial charge is 0.318 e. The molecule has 1 unspecified atom stereocenters. The van der Waals surface area contributed by atoms with Crippen molar-refractivity contribution in [1.29, 1.82) is 0 Å². The van der Waals surface area contributed by atoms with Gasteiger partial charge in [-0.05, 0) is 41.5 Å². The van der Waals surface area contributed by atoms with Crippen LogP contribution in [0.1, 0.15) is 59.3 Å². The summed E-state index contributed by atoms with van der Waals surface area (Å²) >= 11 is 0. The van der Waals surface area contributed by atoms with Crippen LogP contribution in [-0.2, 0) is 10.2 Å². The van der Waals surface area contributed by atoms with Crippen molar-refractivity contribution in [2.45, 2.75) is 46.0 Å². The molecule has 0 heterocycles. The van der Waals surface area contributed by atoms with Crippen LogP contribution in [0.2, 0.25) is 0 Å². The van der Waals surface area contributed by atoms with Crippen molar-refractivity contribution in [3.63, 3.8) is 0 Å². The van der Waals surface area contributed by atoms with E-state index in [1.807, 2.05) is 32.0 Å². The minimum atomic E-state index is -1.18. The average molecular weight is 324 g/mol. The predicted molar refractivity (Wildman–Crippen MR) is 95.8 cm³/mol. The number of benzene rings is 2. The van der Waals surface area contributed by atoms with Crippen LogP contribution in [0.15, 0.2) is 42.5 Å². The normalized spacial score (nSPS) is 12.7. The first-order chi connectivity index (χ1) is 11.1. The van der Waals surface area contributed by atoms with Crippen molar-refractivity contribution in [3.05, 3.63) is 70.3 Å². The molecule has 0 aliphatic carbocycles. The number of carboxylic acid groups (broad SMARTS) is 1. The molecule has 0 saturated carbocycles. The summed E-state index contributed by atoms with van der Waals surface area (Å²) in [4.78, 5) is 24.8. The van der Waals surface area contributed by atoms with Gasteiger partial charge in [0.2, 0.25) is 0 Å². The van der Waals surface area contributed by atoms with Crippen LogP contribution < -0.4 is 0 Å². The van der Waals surface area contributed by atoms with Gasteiger partial charge in [-0.3, -0.25) is 9.59 Å². The van der Waals surface area contributed by atoms with E-state index in [1.54, 1.807) is 24.3 Å². The second-order valence-corrected chi connectivity index (χ2v) is 7.28. The summed E-state index contributed by atoms with van der Waals surface area (Å²) in [5.41, 5.74) is 3.79. The molecule has 126 valence electrons. The van der Waals surface area contributed by atoms with Gasteiger partial charge in [-0.15, -0.1) is 0 Å². The van der Waals surface area contributed by atoms with Crippen molar-refractivity contribution < 1.29 is 14.7 Å². The first-order valence-corrected chi connectivity index (χ1v) is 8.06. The summed E-state index contributed by atoms with van der Waals surface area (Å²) in [6.07, 6.45) is 0. The van der Waals surface area contributed by atoms with Crippen LogP contribution in [0.3, 0.4) is 0 Å². The number of carbonyl (C=O) groups is 2. The number of hydrogen-bond acceptors (Lipinski definition) is 2. The predicted octanol–water partition coefficient (Wildman–Crippen LogP) is 4.65. The van der Waals surface area contributed by atoms with E-state index < -0.39 is 11.9 Å². The molecule has 0 bridgehead atoms. The van der Waals surface area contributed by atoms with Crippen LogP contribution >= 0.6 is 0 Å². The molecule has 1 N–H and O–H groups in total. The quantitative estimate of drug-likeness (QED) is 0.658. The molecule has 0 saturated heterocycles. The molecule has 0 aliphatic rings. The van der Waals surface area contributed by atoms with Crippen molar-refractivity contribution in [2.75, 3.05) is 0 Å². The van der Waals surface area contributed by atoms with Gasteiger partial charge in [-0.2, -0.15) is 0 Å². The lowest BCUT2D eigenvalue weighted by Crippen LogP contribution is -2.24. The first-order valence-electron chi connectivity index (χ1n) is 8.06. The minimum absolute atomic E-state index is 0.0251. The summed E-state index contributed by atoms with van der Waals surface area (Å²) in [7, 11) is 0. The first kappa shape index (κ1) is 17.9. The van der Waals surface area contributed by atoms with E-state index in [0.29, 0.717) is 11.1 Å². The largest absolute Gasteiger partial charge is 0.480 e. The van der Waals surface area contributed by atoms with Crippen LogP contribution in [-0.4, -0.2) is 16.9 Å². The van der Waals surface area contributed by atoms with E-state index in [1.165, 1.54) is 0 Å². The second-order valence-electron chi connectivity index (χ2n) is 7.28. The van der Waals surface area contributed by atoms with E-state index in [2.05, 4.69) is 20.8 Å². The van der Waals surface area contributed by atoms with Crippen LogP contribution in [0.4, 0.5) is 0 Å². The SMILES string of the molecule is Cc1cc(C(C)(C)C)cc(C)c1C(=O)C(C(=O)O)c1ccccc1. The monoisotopic (exact) mass is 324 g/mol. The highest BCUT2D eigenvalue weighted by atomic mass is 16.4. The number of carbonyl (C=O) groups excluding carboxylic acids is 1. The number of Topliss-reactive ketones (excluding diaryl/α,β-unsaturated/α-hetero) is 1. The Morgan fingerprint density at radius 1 is 0.958 bits per heavy atom. The van der Waals surface area contributed by atoms with Gasteiger partial charge >= 0.3 is 5.97 Å². The van der Waals surface area contributed by atoms with E-state index in [0.717, 1.165) is 16.7 Å².